The van der Waals surface area contributed by atoms with Crippen LogP contribution in [0, 0.1) is 5.41 Å². The van der Waals surface area contributed by atoms with Crippen LogP contribution in [0.2, 0.25) is 0 Å². The molecular weight excluding hydrogens is 122 g/mol. The van der Waals surface area contributed by atoms with Crippen molar-refractivity contribution < 1.29 is 0 Å². The van der Waals surface area contributed by atoms with Gasteiger partial charge in [-0.25, -0.2) is 0 Å². The first-order chi connectivity index (χ1) is 3.68. The Morgan fingerprint density at radius 2 is 2.25 bits per heavy atom. The zero-order valence-corrected chi connectivity index (χ0v) is 5.50. The summed E-state index contributed by atoms with van der Waals surface area (Å²) in [5.74, 6) is 0. The molecule has 0 amide bonds. The van der Waals surface area contributed by atoms with Crippen LogP contribution in [0.1, 0.15) is 6.92 Å². The molecule has 0 spiro atoms. The van der Waals surface area contributed by atoms with Crippen LogP contribution >= 0.6 is 11.6 Å². The third-order valence-electron chi connectivity index (χ3n) is 0.650. The SMILES string of the molecule is C=C(/C=C\C)C(=N)Cl. The van der Waals surface area contributed by atoms with Crippen molar-refractivity contribution in [2.75, 3.05) is 0 Å². The molecule has 0 aliphatic carbocycles. The van der Waals surface area contributed by atoms with E-state index in [9.17, 15) is 0 Å². The molecule has 2 heteroatoms. The second-order valence-electron chi connectivity index (χ2n) is 1.34. The van der Waals surface area contributed by atoms with Gasteiger partial charge in [-0.2, -0.15) is 0 Å². The van der Waals surface area contributed by atoms with Crippen LogP contribution in [0.4, 0.5) is 0 Å². The Balaban J connectivity index is 3.85. The molecule has 0 bridgehead atoms. The van der Waals surface area contributed by atoms with Gasteiger partial charge in [-0.15, -0.1) is 0 Å². The fraction of sp³-hybridized carbons (Fsp3) is 0.167. The molecule has 8 heavy (non-hydrogen) atoms. The summed E-state index contributed by atoms with van der Waals surface area (Å²) in [7, 11) is 0. The van der Waals surface area contributed by atoms with Crippen molar-refractivity contribution in [3.05, 3.63) is 24.3 Å². The Labute approximate surface area is 54.2 Å². The Hall–Kier alpha value is -0.560. The summed E-state index contributed by atoms with van der Waals surface area (Å²) in [6.07, 6.45) is 3.48. The standard InChI is InChI=1S/C6H8ClN/c1-3-4-5(2)6(7)8/h3-4,8H,2H2,1H3/b4-3-,8-6?. The lowest BCUT2D eigenvalue weighted by Gasteiger charge is -1.87. The van der Waals surface area contributed by atoms with Gasteiger partial charge in [-0.1, -0.05) is 30.3 Å². The Morgan fingerprint density at radius 3 is 2.38 bits per heavy atom. The van der Waals surface area contributed by atoms with Crippen LogP contribution < -0.4 is 0 Å². The van der Waals surface area contributed by atoms with Crippen molar-refractivity contribution in [2.45, 2.75) is 6.92 Å². The van der Waals surface area contributed by atoms with Gasteiger partial charge in [-0.3, -0.25) is 5.41 Å². The molecule has 0 saturated heterocycles. The number of allylic oxidation sites excluding steroid dienone is 3. The third kappa shape index (κ3) is 2.59. The molecule has 0 aliphatic rings. The first-order valence-electron chi connectivity index (χ1n) is 2.24. The smallest absolute Gasteiger partial charge is 0.127 e. The zero-order valence-electron chi connectivity index (χ0n) is 4.74. The Morgan fingerprint density at radius 1 is 1.75 bits per heavy atom. The molecule has 0 aromatic heterocycles. The summed E-state index contributed by atoms with van der Waals surface area (Å²) in [4.78, 5) is 0. The Kier molecular flexibility index (Phi) is 3.20. The van der Waals surface area contributed by atoms with Crippen LogP contribution in [-0.4, -0.2) is 5.17 Å². The number of nitrogens with one attached hydrogen (secondary N) is 1. The molecule has 0 saturated carbocycles. The van der Waals surface area contributed by atoms with Gasteiger partial charge in [0.25, 0.3) is 0 Å². The van der Waals surface area contributed by atoms with Gasteiger partial charge in [0, 0.05) is 5.57 Å². The number of rotatable bonds is 2. The third-order valence-corrected chi connectivity index (χ3v) is 0.893. The maximum atomic E-state index is 6.82. The maximum absolute atomic E-state index is 6.82. The van der Waals surface area contributed by atoms with E-state index in [1.165, 1.54) is 0 Å². The largest absolute Gasteiger partial charge is 0.289 e. The molecule has 1 nitrogen and oxygen atoms in total. The minimum Gasteiger partial charge on any atom is -0.289 e. The van der Waals surface area contributed by atoms with Gasteiger partial charge in [-0.05, 0) is 6.92 Å². The van der Waals surface area contributed by atoms with Crippen molar-refractivity contribution >= 4 is 16.8 Å². The van der Waals surface area contributed by atoms with Crippen molar-refractivity contribution in [1.82, 2.24) is 0 Å². The van der Waals surface area contributed by atoms with Crippen LogP contribution in [0.25, 0.3) is 0 Å². The lowest BCUT2D eigenvalue weighted by Crippen LogP contribution is -1.83. The quantitative estimate of drug-likeness (QED) is 0.437. The van der Waals surface area contributed by atoms with E-state index in [-0.39, 0.29) is 5.17 Å². The van der Waals surface area contributed by atoms with Crippen molar-refractivity contribution in [3.63, 3.8) is 0 Å². The molecule has 44 valence electrons. The monoisotopic (exact) mass is 129 g/mol. The highest BCUT2D eigenvalue weighted by Gasteiger charge is 1.88. The predicted octanol–water partition coefficient (Wildman–Crippen LogP) is 2.33. The van der Waals surface area contributed by atoms with E-state index >= 15 is 0 Å². The maximum Gasteiger partial charge on any atom is 0.127 e. The molecule has 0 heterocycles. The van der Waals surface area contributed by atoms with Crippen molar-refractivity contribution in [3.8, 4) is 0 Å². The lowest BCUT2D eigenvalue weighted by atomic mass is 10.3. The van der Waals surface area contributed by atoms with Gasteiger partial charge >= 0.3 is 0 Å². The van der Waals surface area contributed by atoms with E-state index in [0.717, 1.165) is 0 Å². The zero-order chi connectivity index (χ0) is 6.57. The van der Waals surface area contributed by atoms with E-state index < -0.39 is 0 Å². The molecule has 0 aliphatic heterocycles. The number of hydrogen-bond donors (Lipinski definition) is 1. The molecule has 0 rings (SSSR count). The summed E-state index contributed by atoms with van der Waals surface area (Å²) in [5.41, 5.74) is 0.550. The molecule has 0 fully saturated rings. The van der Waals surface area contributed by atoms with Gasteiger partial charge in [0.2, 0.25) is 0 Å². The fourth-order valence-electron chi connectivity index (χ4n) is 0.274. The molecule has 0 atom stereocenters. The summed E-state index contributed by atoms with van der Waals surface area (Å²) in [6.45, 7) is 5.35. The van der Waals surface area contributed by atoms with E-state index in [0.29, 0.717) is 5.57 Å². The molecule has 0 aromatic rings. The second-order valence-corrected chi connectivity index (χ2v) is 1.72. The van der Waals surface area contributed by atoms with Crippen LogP contribution in [0.3, 0.4) is 0 Å². The normalized spacial score (nSPS) is 9.75. The summed E-state index contributed by atoms with van der Waals surface area (Å²) in [6, 6.07) is 0. The average molecular weight is 130 g/mol. The average Bonchev–Trinajstić information content (AvgIpc) is 1.67. The van der Waals surface area contributed by atoms with Crippen LogP contribution in [0.5, 0.6) is 0 Å². The summed E-state index contributed by atoms with van der Waals surface area (Å²) >= 11 is 5.24. The molecule has 0 unspecified atom stereocenters. The molecule has 0 aromatic carbocycles. The minimum atomic E-state index is 0.00287. The first kappa shape index (κ1) is 7.44. The van der Waals surface area contributed by atoms with Crippen LogP contribution in [-0.2, 0) is 0 Å². The van der Waals surface area contributed by atoms with Gasteiger partial charge < -0.3 is 0 Å². The topological polar surface area (TPSA) is 23.9 Å². The summed E-state index contributed by atoms with van der Waals surface area (Å²) < 4.78 is 0. The highest BCUT2D eigenvalue weighted by Crippen LogP contribution is 1.97. The number of hydrogen-bond acceptors (Lipinski definition) is 1. The van der Waals surface area contributed by atoms with Gasteiger partial charge in [0.1, 0.15) is 5.17 Å². The van der Waals surface area contributed by atoms with Crippen molar-refractivity contribution in [2.24, 2.45) is 0 Å². The Bertz CT molecular complexity index is 135. The highest BCUT2D eigenvalue weighted by molar-refractivity contribution is 6.69. The van der Waals surface area contributed by atoms with E-state index in [4.69, 9.17) is 17.0 Å². The molecule has 1 N–H and O–H groups in total. The molecule has 0 radical (unpaired) electrons. The van der Waals surface area contributed by atoms with E-state index in [1.807, 2.05) is 6.92 Å². The summed E-state index contributed by atoms with van der Waals surface area (Å²) in [5, 5.41) is 6.82. The van der Waals surface area contributed by atoms with E-state index in [1.54, 1.807) is 12.2 Å². The van der Waals surface area contributed by atoms with Crippen LogP contribution in [0.15, 0.2) is 24.3 Å². The highest BCUT2D eigenvalue weighted by atomic mass is 35.5. The predicted molar refractivity (Wildman–Crippen MR) is 37.5 cm³/mol. The lowest BCUT2D eigenvalue weighted by molar-refractivity contribution is 1.54. The second kappa shape index (κ2) is 3.44. The minimum absolute atomic E-state index is 0.00287. The van der Waals surface area contributed by atoms with Crippen molar-refractivity contribution in [1.29, 1.82) is 5.41 Å². The first-order valence-corrected chi connectivity index (χ1v) is 2.62. The van der Waals surface area contributed by atoms with Gasteiger partial charge in [0.15, 0.2) is 0 Å². The number of halogens is 1. The fourth-order valence-corrected chi connectivity index (χ4v) is 0.337. The van der Waals surface area contributed by atoms with Gasteiger partial charge in [0.05, 0.1) is 0 Å². The molecular formula is C6H8ClN. The van der Waals surface area contributed by atoms with E-state index in [2.05, 4.69) is 6.58 Å².